The van der Waals surface area contributed by atoms with Gasteiger partial charge in [-0.3, -0.25) is 4.98 Å². The summed E-state index contributed by atoms with van der Waals surface area (Å²) in [4.78, 5) is 4.56. The maximum Gasteiger partial charge on any atom is 0.0507 e. The van der Waals surface area contributed by atoms with Crippen molar-refractivity contribution < 1.29 is 0 Å². The summed E-state index contributed by atoms with van der Waals surface area (Å²) >= 11 is 0. The third-order valence-corrected chi connectivity index (χ3v) is 3.47. The zero-order valence-electron chi connectivity index (χ0n) is 11.3. The standard InChI is InChI=1S/C18H17N/c1-13(2)18-17(11-6-12-19-18)16-10-5-8-14-7-3-4-9-15(14)16/h3-13H,1-2H3. The molecule has 0 spiro atoms. The molecule has 1 heteroatoms. The Kier molecular flexibility index (Phi) is 3.04. The van der Waals surface area contributed by atoms with Gasteiger partial charge in [0.15, 0.2) is 0 Å². The first-order valence-corrected chi connectivity index (χ1v) is 6.70. The number of fused-ring (bicyclic) bond motifs is 1. The maximum absolute atomic E-state index is 4.56. The second-order valence-corrected chi connectivity index (χ2v) is 5.12. The zero-order valence-corrected chi connectivity index (χ0v) is 11.3. The fourth-order valence-electron chi connectivity index (χ4n) is 2.57. The van der Waals surface area contributed by atoms with E-state index in [4.69, 9.17) is 0 Å². The Morgan fingerprint density at radius 3 is 2.37 bits per heavy atom. The first-order chi connectivity index (χ1) is 9.27. The molecule has 0 fully saturated rings. The predicted molar refractivity (Wildman–Crippen MR) is 81.3 cm³/mol. The van der Waals surface area contributed by atoms with Crippen molar-refractivity contribution in [2.75, 3.05) is 0 Å². The average Bonchev–Trinajstić information content (AvgIpc) is 2.46. The molecule has 0 aliphatic carbocycles. The molecule has 19 heavy (non-hydrogen) atoms. The molecule has 0 atom stereocenters. The van der Waals surface area contributed by atoms with Crippen molar-refractivity contribution in [2.24, 2.45) is 0 Å². The van der Waals surface area contributed by atoms with E-state index in [9.17, 15) is 0 Å². The van der Waals surface area contributed by atoms with E-state index in [1.54, 1.807) is 0 Å². The summed E-state index contributed by atoms with van der Waals surface area (Å²) in [6.07, 6.45) is 1.88. The quantitative estimate of drug-likeness (QED) is 0.619. The SMILES string of the molecule is CC(C)c1ncccc1-c1cccc2ccccc12. The van der Waals surface area contributed by atoms with Gasteiger partial charge >= 0.3 is 0 Å². The molecule has 0 saturated heterocycles. The molecule has 1 nitrogen and oxygen atoms in total. The first-order valence-electron chi connectivity index (χ1n) is 6.70. The largest absolute Gasteiger partial charge is 0.260 e. The van der Waals surface area contributed by atoms with Gasteiger partial charge in [0.2, 0.25) is 0 Å². The molecule has 2 aromatic carbocycles. The van der Waals surface area contributed by atoms with Crippen LogP contribution in [0.5, 0.6) is 0 Å². The molecule has 0 radical (unpaired) electrons. The minimum absolute atomic E-state index is 0.426. The third kappa shape index (κ3) is 2.12. The Labute approximate surface area is 113 Å². The van der Waals surface area contributed by atoms with Gasteiger partial charge in [-0.1, -0.05) is 62.4 Å². The van der Waals surface area contributed by atoms with Crippen LogP contribution in [0.25, 0.3) is 21.9 Å². The van der Waals surface area contributed by atoms with E-state index >= 15 is 0 Å². The molecule has 94 valence electrons. The smallest absolute Gasteiger partial charge is 0.0507 e. The van der Waals surface area contributed by atoms with Gasteiger partial charge in [0.25, 0.3) is 0 Å². The Morgan fingerprint density at radius 1 is 0.789 bits per heavy atom. The Hall–Kier alpha value is -2.15. The molecule has 0 saturated carbocycles. The number of rotatable bonds is 2. The molecule has 3 aromatic rings. The summed E-state index contributed by atoms with van der Waals surface area (Å²) in [7, 11) is 0. The number of pyridine rings is 1. The van der Waals surface area contributed by atoms with Gasteiger partial charge in [0.1, 0.15) is 0 Å². The highest BCUT2D eigenvalue weighted by atomic mass is 14.7. The molecular formula is C18H17N. The van der Waals surface area contributed by atoms with Crippen molar-refractivity contribution in [1.29, 1.82) is 0 Å². The third-order valence-electron chi connectivity index (χ3n) is 3.47. The average molecular weight is 247 g/mol. The maximum atomic E-state index is 4.56. The monoisotopic (exact) mass is 247 g/mol. The summed E-state index contributed by atoms with van der Waals surface area (Å²) in [6, 6.07) is 19.2. The van der Waals surface area contributed by atoms with E-state index in [-0.39, 0.29) is 0 Å². The molecule has 0 bridgehead atoms. The summed E-state index contributed by atoms with van der Waals surface area (Å²) in [5.41, 5.74) is 3.68. The van der Waals surface area contributed by atoms with E-state index in [2.05, 4.69) is 67.4 Å². The van der Waals surface area contributed by atoms with Crippen LogP contribution in [0.15, 0.2) is 60.8 Å². The van der Waals surface area contributed by atoms with E-state index < -0.39 is 0 Å². The van der Waals surface area contributed by atoms with Crippen LogP contribution in [-0.4, -0.2) is 4.98 Å². The Morgan fingerprint density at radius 2 is 1.53 bits per heavy atom. The van der Waals surface area contributed by atoms with Gasteiger partial charge in [-0.15, -0.1) is 0 Å². The van der Waals surface area contributed by atoms with E-state index in [0.717, 1.165) is 0 Å². The van der Waals surface area contributed by atoms with Crippen LogP contribution < -0.4 is 0 Å². The number of nitrogens with zero attached hydrogens (tertiary/aromatic N) is 1. The highest BCUT2D eigenvalue weighted by molar-refractivity contribution is 5.97. The van der Waals surface area contributed by atoms with Gasteiger partial charge in [0.05, 0.1) is 5.69 Å². The summed E-state index contributed by atoms with van der Waals surface area (Å²) in [5, 5.41) is 2.57. The molecule has 0 N–H and O–H groups in total. The molecule has 0 unspecified atom stereocenters. The fraction of sp³-hybridized carbons (Fsp3) is 0.167. The molecule has 0 aliphatic rings. The summed E-state index contributed by atoms with van der Waals surface area (Å²) < 4.78 is 0. The normalized spacial score (nSPS) is 11.1. The minimum atomic E-state index is 0.426. The molecule has 0 amide bonds. The fourth-order valence-corrected chi connectivity index (χ4v) is 2.57. The molecule has 1 heterocycles. The van der Waals surface area contributed by atoms with Crippen LogP contribution in [0.2, 0.25) is 0 Å². The van der Waals surface area contributed by atoms with Crippen LogP contribution in [-0.2, 0) is 0 Å². The van der Waals surface area contributed by atoms with Gasteiger partial charge in [-0.05, 0) is 28.3 Å². The number of hydrogen-bond donors (Lipinski definition) is 0. The van der Waals surface area contributed by atoms with Crippen molar-refractivity contribution in [3.8, 4) is 11.1 Å². The predicted octanol–water partition coefficient (Wildman–Crippen LogP) is 5.03. The highest BCUT2D eigenvalue weighted by Gasteiger charge is 2.11. The lowest BCUT2D eigenvalue weighted by Crippen LogP contribution is -1.96. The van der Waals surface area contributed by atoms with Gasteiger partial charge in [0, 0.05) is 11.8 Å². The lowest BCUT2D eigenvalue weighted by molar-refractivity contribution is 0.826. The van der Waals surface area contributed by atoms with Crippen LogP contribution in [0, 0.1) is 0 Å². The van der Waals surface area contributed by atoms with Crippen molar-refractivity contribution in [2.45, 2.75) is 19.8 Å². The van der Waals surface area contributed by atoms with Gasteiger partial charge < -0.3 is 0 Å². The second-order valence-electron chi connectivity index (χ2n) is 5.12. The second kappa shape index (κ2) is 4.85. The molecule has 3 rings (SSSR count). The lowest BCUT2D eigenvalue weighted by Gasteiger charge is -2.13. The van der Waals surface area contributed by atoms with Crippen LogP contribution in [0.1, 0.15) is 25.5 Å². The zero-order chi connectivity index (χ0) is 13.2. The van der Waals surface area contributed by atoms with E-state index in [0.29, 0.717) is 5.92 Å². The molecular weight excluding hydrogens is 230 g/mol. The number of benzene rings is 2. The molecule has 0 aliphatic heterocycles. The van der Waals surface area contributed by atoms with Crippen molar-refractivity contribution >= 4 is 10.8 Å². The van der Waals surface area contributed by atoms with Crippen molar-refractivity contribution in [3.05, 3.63) is 66.5 Å². The molecule has 1 aromatic heterocycles. The summed E-state index contributed by atoms with van der Waals surface area (Å²) in [6.45, 7) is 4.38. The van der Waals surface area contributed by atoms with Crippen LogP contribution in [0.4, 0.5) is 0 Å². The number of hydrogen-bond acceptors (Lipinski definition) is 1. The van der Waals surface area contributed by atoms with E-state index in [1.165, 1.54) is 27.6 Å². The van der Waals surface area contributed by atoms with Crippen molar-refractivity contribution in [3.63, 3.8) is 0 Å². The Bertz CT molecular complexity index is 708. The van der Waals surface area contributed by atoms with Gasteiger partial charge in [-0.25, -0.2) is 0 Å². The minimum Gasteiger partial charge on any atom is -0.260 e. The topological polar surface area (TPSA) is 12.9 Å². The van der Waals surface area contributed by atoms with Crippen LogP contribution in [0.3, 0.4) is 0 Å². The van der Waals surface area contributed by atoms with Crippen molar-refractivity contribution in [1.82, 2.24) is 4.98 Å². The first kappa shape index (κ1) is 11.9. The lowest BCUT2D eigenvalue weighted by atomic mass is 9.94. The highest BCUT2D eigenvalue weighted by Crippen LogP contribution is 2.32. The van der Waals surface area contributed by atoms with Crippen LogP contribution >= 0.6 is 0 Å². The number of aromatic nitrogens is 1. The van der Waals surface area contributed by atoms with Gasteiger partial charge in [-0.2, -0.15) is 0 Å². The van der Waals surface area contributed by atoms with E-state index in [1.807, 2.05) is 12.3 Å². The Balaban J connectivity index is 2.31. The summed E-state index contributed by atoms with van der Waals surface area (Å²) in [5.74, 6) is 0.426.